The second-order valence-corrected chi connectivity index (χ2v) is 3.10. The average molecular weight is 280 g/mol. The zero-order chi connectivity index (χ0) is 9.30. The lowest BCUT2D eigenvalue weighted by atomic mass is 10.4. The molecule has 1 heterocycles. The Morgan fingerprint density at radius 3 is 2.50 bits per heavy atom. The quantitative estimate of drug-likeness (QED) is 0.639. The topological polar surface area (TPSA) is 72.2 Å². The van der Waals surface area contributed by atoms with E-state index >= 15 is 0 Å². The van der Waals surface area contributed by atoms with E-state index in [1.165, 1.54) is 13.1 Å². The SMILES string of the molecule is Cn1nc(C(=O)I)cc1C(=O)O. The summed E-state index contributed by atoms with van der Waals surface area (Å²) in [5.74, 6) is -1.09. The van der Waals surface area contributed by atoms with Gasteiger partial charge in [-0.05, 0) is 0 Å². The molecule has 64 valence electrons. The lowest BCUT2D eigenvalue weighted by Crippen LogP contribution is -2.04. The Labute approximate surface area is 81.5 Å². The number of halogens is 1. The second kappa shape index (κ2) is 3.21. The maximum absolute atomic E-state index is 10.8. The minimum Gasteiger partial charge on any atom is -0.477 e. The maximum Gasteiger partial charge on any atom is 0.354 e. The summed E-state index contributed by atoms with van der Waals surface area (Å²) in [6, 6.07) is 1.25. The Morgan fingerprint density at radius 2 is 2.25 bits per heavy atom. The zero-order valence-corrected chi connectivity index (χ0v) is 8.27. The van der Waals surface area contributed by atoms with E-state index in [4.69, 9.17) is 5.11 Å². The Hall–Kier alpha value is -0.920. The van der Waals surface area contributed by atoms with Crippen LogP contribution >= 0.6 is 22.6 Å². The third-order valence-corrected chi connectivity index (χ3v) is 1.85. The molecule has 0 bridgehead atoms. The van der Waals surface area contributed by atoms with Gasteiger partial charge in [0.05, 0.1) is 0 Å². The first-order valence-electron chi connectivity index (χ1n) is 2.99. The lowest BCUT2D eigenvalue weighted by Gasteiger charge is -1.90. The van der Waals surface area contributed by atoms with Gasteiger partial charge in [-0.3, -0.25) is 9.48 Å². The summed E-state index contributed by atoms with van der Waals surface area (Å²) in [5, 5.41) is 12.3. The number of hydrogen-bond acceptors (Lipinski definition) is 3. The van der Waals surface area contributed by atoms with Crippen LogP contribution < -0.4 is 0 Å². The van der Waals surface area contributed by atoms with Gasteiger partial charge in [-0.1, -0.05) is 0 Å². The zero-order valence-electron chi connectivity index (χ0n) is 6.11. The molecule has 0 aromatic carbocycles. The van der Waals surface area contributed by atoms with Crippen LogP contribution in [0.3, 0.4) is 0 Å². The van der Waals surface area contributed by atoms with Gasteiger partial charge < -0.3 is 5.11 Å². The molecule has 1 aromatic rings. The van der Waals surface area contributed by atoms with Crippen LogP contribution in [0.2, 0.25) is 0 Å². The van der Waals surface area contributed by atoms with Gasteiger partial charge >= 0.3 is 5.97 Å². The van der Waals surface area contributed by atoms with Gasteiger partial charge in [-0.15, -0.1) is 0 Å². The van der Waals surface area contributed by atoms with Gasteiger partial charge in [-0.25, -0.2) is 4.79 Å². The number of hydrogen-bond donors (Lipinski definition) is 1. The molecule has 6 heteroatoms. The largest absolute Gasteiger partial charge is 0.477 e. The van der Waals surface area contributed by atoms with E-state index in [2.05, 4.69) is 5.10 Å². The monoisotopic (exact) mass is 280 g/mol. The predicted molar refractivity (Wildman–Crippen MR) is 48.5 cm³/mol. The van der Waals surface area contributed by atoms with Crippen molar-refractivity contribution in [3.8, 4) is 0 Å². The van der Waals surface area contributed by atoms with E-state index in [9.17, 15) is 9.59 Å². The number of aromatic nitrogens is 2. The van der Waals surface area contributed by atoms with Crippen molar-refractivity contribution >= 4 is 32.4 Å². The van der Waals surface area contributed by atoms with Gasteiger partial charge in [0.15, 0.2) is 0 Å². The standard InChI is InChI=1S/C6H5IN2O3/c1-9-4(6(11)12)2-3(8-9)5(7)10/h2H,1H3,(H,11,12). The predicted octanol–water partition coefficient (Wildman–Crippen LogP) is 0.694. The van der Waals surface area contributed by atoms with Crippen molar-refractivity contribution in [2.24, 2.45) is 7.05 Å². The summed E-state index contributed by atoms with van der Waals surface area (Å²) in [5.41, 5.74) is 0.172. The van der Waals surface area contributed by atoms with Crippen LogP contribution in [-0.4, -0.2) is 24.6 Å². The molecule has 0 fully saturated rings. The summed E-state index contributed by atoms with van der Waals surface area (Å²) in [6.45, 7) is 0. The van der Waals surface area contributed by atoms with Gasteiger partial charge in [0, 0.05) is 35.7 Å². The smallest absolute Gasteiger partial charge is 0.354 e. The van der Waals surface area contributed by atoms with Crippen LogP contribution in [-0.2, 0) is 7.05 Å². The molecule has 0 amide bonds. The molecule has 0 spiro atoms. The van der Waals surface area contributed by atoms with Crippen LogP contribution in [0.5, 0.6) is 0 Å². The lowest BCUT2D eigenvalue weighted by molar-refractivity contribution is 0.0685. The molecule has 0 radical (unpaired) electrons. The summed E-state index contributed by atoms with van der Waals surface area (Å²) in [4.78, 5) is 21.2. The van der Waals surface area contributed by atoms with Crippen molar-refractivity contribution in [2.45, 2.75) is 0 Å². The van der Waals surface area contributed by atoms with E-state index in [-0.39, 0.29) is 15.2 Å². The van der Waals surface area contributed by atoms with Gasteiger partial charge in [0.1, 0.15) is 11.4 Å². The van der Waals surface area contributed by atoms with Crippen LogP contribution in [0.1, 0.15) is 21.0 Å². The van der Waals surface area contributed by atoms with Crippen molar-refractivity contribution in [2.75, 3.05) is 0 Å². The van der Waals surface area contributed by atoms with Crippen LogP contribution in [0.15, 0.2) is 6.07 Å². The number of carbonyl (C=O) groups is 2. The molecular weight excluding hydrogens is 275 g/mol. The van der Waals surface area contributed by atoms with Crippen LogP contribution in [0.25, 0.3) is 0 Å². The highest BCUT2D eigenvalue weighted by Gasteiger charge is 2.14. The van der Waals surface area contributed by atoms with Crippen molar-refractivity contribution in [3.63, 3.8) is 0 Å². The highest BCUT2D eigenvalue weighted by Crippen LogP contribution is 2.06. The molecule has 0 aliphatic carbocycles. The first-order chi connectivity index (χ1) is 5.52. The van der Waals surface area contributed by atoms with Crippen molar-refractivity contribution in [1.29, 1.82) is 0 Å². The summed E-state index contributed by atoms with van der Waals surface area (Å²) in [6.07, 6.45) is 0. The number of carboxylic acids is 1. The number of carbonyl (C=O) groups excluding carboxylic acids is 1. The fourth-order valence-electron chi connectivity index (χ4n) is 0.763. The summed E-state index contributed by atoms with van der Waals surface area (Å²) >= 11 is 1.55. The van der Waals surface area contributed by atoms with Crippen LogP contribution in [0, 0.1) is 0 Å². The van der Waals surface area contributed by atoms with E-state index in [0.29, 0.717) is 0 Å². The molecular formula is C6H5IN2O3. The third kappa shape index (κ3) is 1.63. The number of aryl methyl sites for hydroxylation is 1. The number of nitrogens with zero attached hydrogens (tertiary/aromatic N) is 2. The molecule has 0 unspecified atom stereocenters. The van der Waals surface area contributed by atoms with Gasteiger partial charge in [0.25, 0.3) is 0 Å². The molecule has 0 aliphatic rings. The molecule has 0 saturated carbocycles. The Kier molecular flexibility index (Phi) is 2.46. The molecule has 0 atom stereocenters. The molecule has 12 heavy (non-hydrogen) atoms. The van der Waals surface area contributed by atoms with E-state index in [0.717, 1.165) is 4.68 Å². The van der Waals surface area contributed by atoms with Gasteiger partial charge in [0.2, 0.25) is 3.79 Å². The molecule has 0 aliphatic heterocycles. The molecule has 1 aromatic heterocycles. The van der Waals surface area contributed by atoms with E-state index in [1.54, 1.807) is 22.6 Å². The minimum atomic E-state index is -1.09. The normalized spacial score (nSPS) is 9.83. The van der Waals surface area contributed by atoms with Crippen molar-refractivity contribution in [1.82, 2.24) is 9.78 Å². The second-order valence-electron chi connectivity index (χ2n) is 2.12. The first-order valence-corrected chi connectivity index (χ1v) is 4.07. The Balaban J connectivity index is 3.17. The van der Waals surface area contributed by atoms with Crippen molar-refractivity contribution in [3.05, 3.63) is 17.5 Å². The Morgan fingerprint density at radius 1 is 1.67 bits per heavy atom. The number of carboxylic acid groups (broad SMARTS) is 1. The number of aromatic carboxylic acids is 1. The molecule has 5 nitrogen and oxygen atoms in total. The molecule has 1 N–H and O–H groups in total. The Bertz CT molecular complexity index is 345. The van der Waals surface area contributed by atoms with E-state index < -0.39 is 5.97 Å². The fraction of sp³-hybridized carbons (Fsp3) is 0.167. The first kappa shape index (κ1) is 9.17. The third-order valence-electron chi connectivity index (χ3n) is 1.30. The fourth-order valence-corrected chi connectivity index (χ4v) is 1.03. The summed E-state index contributed by atoms with van der Waals surface area (Å²) < 4.78 is 0.893. The maximum atomic E-state index is 10.8. The summed E-state index contributed by atoms with van der Waals surface area (Å²) in [7, 11) is 1.48. The van der Waals surface area contributed by atoms with Crippen LogP contribution in [0.4, 0.5) is 0 Å². The molecule has 1 rings (SSSR count). The minimum absolute atomic E-state index is 0.00927. The van der Waals surface area contributed by atoms with Gasteiger partial charge in [-0.2, -0.15) is 5.10 Å². The highest BCUT2D eigenvalue weighted by atomic mass is 127. The highest BCUT2D eigenvalue weighted by molar-refractivity contribution is 14.1. The van der Waals surface area contributed by atoms with Crippen molar-refractivity contribution < 1.29 is 14.7 Å². The average Bonchev–Trinajstić information content (AvgIpc) is 2.30. The molecule has 0 saturated heterocycles. The van der Waals surface area contributed by atoms with E-state index in [1.807, 2.05) is 0 Å². The number of rotatable bonds is 2.